The Morgan fingerprint density at radius 2 is 1.96 bits per heavy atom. The summed E-state index contributed by atoms with van der Waals surface area (Å²) in [6, 6.07) is 9.91. The molecule has 0 radical (unpaired) electrons. The Kier molecular flexibility index (Phi) is 7.85. The van der Waals surface area contributed by atoms with Crippen LogP contribution in [0.3, 0.4) is 0 Å². The first-order chi connectivity index (χ1) is 13.0. The molecule has 2 N–H and O–H groups in total. The summed E-state index contributed by atoms with van der Waals surface area (Å²) in [6.45, 7) is 6.93. The van der Waals surface area contributed by atoms with Gasteiger partial charge >= 0.3 is 0 Å². The minimum absolute atomic E-state index is 0.0982. The lowest BCUT2D eigenvalue weighted by Crippen LogP contribution is -2.41. The van der Waals surface area contributed by atoms with Gasteiger partial charge in [0.1, 0.15) is 17.7 Å². The van der Waals surface area contributed by atoms with Crippen LogP contribution < -0.4 is 20.1 Å². The summed E-state index contributed by atoms with van der Waals surface area (Å²) in [5.41, 5.74) is 1.01. The van der Waals surface area contributed by atoms with E-state index >= 15 is 0 Å². The van der Waals surface area contributed by atoms with Crippen LogP contribution in [0.15, 0.2) is 47.6 Å². The molecule has 0 amide bonds. The molecule has 27 heavy (non-hydrogen) atoms. The van der Waals surface area contributed by atoms with Gasteiger partial charge in [0.15, 0.2) is 5.96 Å². The topological polar surface area (TPSA) is 67.8 Å². The van der Waals surface area contributed by atoms with Crippen LogP contribution in [0.25, 0.3) is 0 Å². The Labute approximate surface area is 159 Å². The average molecular weight is 374 g/mol. The van der Waals surface area contributed by atoms with E-state index in [4.69, 9.17) is 9.47 Å². The van der Waals surface area contributed by atoms with Gasteiger partial charge in [0.05, 0.1) is 12.6 Å². The molecule has 2 aromatic rings. The van der Waals surface area contributed by atoms with Crippen LogP contribution in [0, 0.1) is 5.82 Å². The van der Waals surface area contributed by atoms with Crippen molar-refractivity contribution in [1.82, 2.24) is 15.6 Å². The first-order valence-electron chi connectivity index (χ1n) is 8.94. The zero-order valence-electron chi connectivity index (χ0n) is 16.2. The number of ether oxygens (including phenoxy) is 2. The largest absolute Gasteiger partial charge is 0.489 e. The van der Waals surface area contributed by atoms with Crippen molar-refractivity contribution < 1.29 is 13.9 Å². The molecule has 7 heteroatoms. The summed E-state index contributed by atoms with van der Waals surface area (Å²) in [7, 11) is 1.70. The highest BCUT2D eigenvalue weighted by molar-refractivity contribution is 5.79. The molecule has 6 nitrogen and oxygen atoms in total. The van der Waals surface area contributed by atoms with Gasteiger partial charge < -0.3 is 20.1 Å². The molecular formula is C20H27FN4O2. The normalized spacial score (nSPS) is 12.6. The van der Waals surface area contributed by atoms with Crippen LogP contribution in [0.2, 0.25) is 0 Å². The third-order valence-electron chi connectivity index (χ3n) is 3.53. The minimum atomic E-state index is -0.316. The summed E-state index contributed by atoms with van der Waals surface area (Å²) < 4.78 is 24.4. The van der Waals surface area contributed by atoms with Crippen molar-refractivity contribution in [3.63, 3.8) is 0 Å². The molecule has 0 fully saturated rings. The number of nitrogens with one attached hydrogen (secondary N) is 2. The smallest absolute Gasteiger partial charge is 0.213 e. The third kappa shape index (κ3) is 7.52. The number of hydrogen-bond acceptors (Lipinski definition) is 4. The van der Waals surface area contributed by atoms with Gasteiger partial charge in [-0.1, -0.05) is 12.1 Å². The standard InChI is InChI=1S/C20H27FN4O2/c1-14(2)26-19-9-8-16(12-23-19)13-25-20(22-4)24-11-15(3)27-18-7-5-6-17(21)10-18/h5-10,12,14-15H,11,13H2,1-4H3,(H2,22,24,25). The van der Waals surface area contributed by atoms with Gasteiger partial charge in [0.2, 0.25) is 5.88 Å². The number of hydrogen-bond donors (Lipinski definition) is 2. The second-order valence-electron chi connectivity index (χ2n) is 6.36. The second kappa shape index (κ2) is 10.4. The molecule has 1 unspecified atom stereocenters. The Morgan fingerprint density at radius 1 is 1.15 bits per heavy atom. The number of aromatic nitrogens is 1. The van der Waals surface area contributed by atoms with E-state index in [-0.39, 0.29) is 18.0 Å². The Morgan fingerprint density at radius 3 is 2.59 bits per heavy atom. The van der Waals surface area contributed by atoms with Crippen molar-refractivity contribution in [2.45, 2.75) is 39.5 Å². The molecule has 1 aromatic carbocycles. The summed E-state index contributed by atoms with van der Waals surface area (Å²) in [5, 5.41) is 6.40. The summed E-state index contributed by atoms with van der Waals surface area (Å²) in [4.78, 5) is 8.46. The van der Waals surface area contributed by atoms with Crippen molar-refractivity contribution >= 4 is 5.96 Å². The highest BCUT2D eigenvalue weighted by atomic mass is 19.1. The van der Waals surface area contributed by atoms with E-state index in [9.17, 15) is 4.39 Å². The SMILES string of the molecule is CN=C(NCc1ccc(OC(C)C)nc1)NCC(C)Oc1cccc(F)c1. The Balaban J connectivity index is 1.76. The molecule has 146 valence electrons. The number of rotatable bonds is 8. The average Bonchev–Trinajstić information content (AvgIpc) is 2.62. The molecule has 0 bridgehead atoms. The third-order valence-corrected chi connectivity index (χ3v) is 3.53. The fourth-order valence-corrected chi connectivity index (χ4v) is 2.29. The molecule has 1 atom stereocenters. The van der Waals surface area contributed by atoms with Crippen LogP contribution in [-0.4, -0.2) is 36.7 Å². The highest BCUT2D eigenvalue weighted by Gasteiger charge is 2.07. The molecule has 2 rings (SSSR count). The van der Waals surface area contributed by atoms with E-state index in [1.54, 1.807) is 25.4 Å². The van der Waals surface area contributed by atoms with Crippen molar-refractivity contribution in [3.8, 4) is 11.6 Å². The highest BCUT2D eigenvalue weighted by Crippen LogP contribution is 2.13. The first kappa shape index (κ1) is 20.5. The molecule has 0 aliphatic rings. The summed E-state index contributed by atoms with van der Waals surface area (Å²) >= 11 is 0. The number of pyridine rings is 1. The zero-order chi connectivity index (χ0) is 19.6. The molecule has 1 heterocycles. The second-order valence-corrected chi connectivity index (χ2v) is 6.36. The monoisotopic (exact) mass is 374 g/mol. The summed E-state index contributed by atoms with van der Waals surface area (Å²) in [6.07, 6.45) is 1.72. The Bertz CT molecular complexity index is 735. The van der Waals surface area contributed by atoms with E-state index in [2.05, 4.69) is 20.6 Å². The van der Waals surface area contributed by atoms with E-state index in [1.165, 1.54) is 12.1 Å². The zero-order valence-corrected chi connectivity index (χ0v) is 16.2. The van der Waals surface area contributed by atoms with E-state index in [0.717, 1.165) is 5.56 Å². The maximum atomic E-state index is 13.2. The number of aliphatic imine (C=N–C) groups is 1. The number of nitrogens with zero attached hydrogens (tertiary/aromatic N) is 2. The van der Waals surface area contributed by atoms with E-state index in [0.29, 0.717) is 30.7 Å². The van der Waals surface area contributed by atoms with Crippen LogP contribution in [-0.2, 0) is 6.54 Å². The number of halogens is 1. The molecular weight excluding hydrogens is 347 g/mol. The molecule has 0 saturated heterocycles. The van der Waals surface area contributed by atoms with Crippen LogP contribution in [0.5, 0.6) is 11.6 Å². The first-order valence-corrected chi connectivity index (χ1v) is 8.94. The van der Waals surface area contributed by atoms with Crippen molar-refractivity contribution in [1.29, 1.82) is 0 Å². The maximum absolute atomic E-state index is 13.2. The predicted octanol–water partition coefficient (Wildman–Crippen LogP) is 3.14. The number of benzene rings is 1. The minimum Gasteiger partial charge on any atom is -0.489 e. The lowest BCUT2D eigenvalue weighted by atomic mass is 10.3. The van der Waals surface area contributed by atoms with Gasteiger partial charge in [-0.15, -0.1) is 0 Å². The number of guanidine groups is 1. The van der Waals surface area contributed by atoms with Gasteiger partial charge in [-0.3, -0.25) is 4.99 Å². The molecule has 0 aliphatic heterocycles. The van der Waals surface area contributed by atoms with Crippen LogP contribution >= 0.6 is 0 Å². The molecule has 0 spiro atoms. The van der Waals surface area contributed by atoms with E-state index < -0.39 is 0 Å². The summed E-state index contributed by atoms with van der Waals surface area (Å²) in [5.74, 6) is 1.44. The lowest BCUT2D eigenvalue weighted by molar-refractivity contribution is 0.223. The fourth-order valence-electron chi connectivity index (χ4n) is 2.29. The lowest BCUT2D eigenvalue weighted by Gasteiger charge is -2.18. The van der Waals surface area contributed by atoms with Crippen molar-refractivity contribution in [2.75, 3.05) is 13.6 Å². The fraction of sp³-hybridized carbons (Fsp3) is 0.400. The van der Waals surface area contributed by atoms with Crippen LogP contribution in [0.4, 0.5) is 4.39 Å². The maximum Gasteiger partial charge on any atom is 0.213 e. The van der Waals surface area contributed by atoms with E-state index in [1.807, 2.05) is 32.9 Å². The van der Waals surface area contributed by atoms with Gasteiger partial charge in [0.25, 0.3) is 0 Å². The van der Waals surface area contributed by atoms with Gasteiger partial charge in [-0.05, 0) is 38.5 Å². The quantitative estimate of drug-likeness (QED) is 0.549. The molecule has 1 aromatic heterocycles. The molecule has 0 aliphatic carbocycles. The van der Waals surface area contributed by atoms with Crippen molar-refractivity contribution in [2.24, 2.45) is 4.99 Å². The van der Waals surface area contributed by atoms with Gasteiger partial charge in [-0.2, -0.15) is 0 Å². The van der Waals surface area contributed by atoms with Crippen molar-refractivity contribution in [3.05, 3.63) is 54.0 Å². The van der Waals surface area contributed by atoms with Crippen LogP contribution in [0.1, 0.15) is 26.3 Å². The van der Waals surface area contributed by atoms with Gasteiger partial charge in [0, 0.05) is 31.9 Å². The molecule has 0 saturated carbocycles. The predicted molar refractivity (Wildman–Crippen MR) is 105 cm³/mol. The van der Waals surface area contributed by atoms with Gasteiger partial charge in [-0.25, -0.2) is 9.37 Å². The Hall–Kier alpha value is -2.83.